The van der Waals surface area contributed by atoms with Gasteiger partial charge in [0.05, 0.1) is 20.2 Å². The highest BCUT2D eigenvalue weighted by Crippen LogP contribution is 2.22. The molecule has 324 valence electrons. The molecule has 11 nitrogen and oxygen atoms in total. The van der Waals surface area contributed by atoms with Crippen LogP contribution in [0.1, 0.15) is 74.4 Å². The van der Waals surface area contributed by atoms with Gasteiger partial charge in [0.2, 0.25) is 0 Å². The summed E-state index contributed by atoms with van der Waals surface area (Å²) in [7, 11) is 1.61. The topological polar surface area (TPSA) is 132 Å². The van der Waals surface area contributed by atoms with Crippen molar-refractivity contribution in [3.63, 3.8) is 0 Å². The Balaban J connectivity index is 0.000000237. The van der Waals surface area contributed by atoms with Crippen LogP contribution < -0.4 is 20.5 Å². The summed E-state index contributed by atoms with van der Waals surface area (Å²) >= 11 is 0. The standard InChI is InChI=1S/C26H30F2N2O4.C20H20F2N2O3/c1-4-14-30-20(17-29(25(30)33)16-19-10-13-22(27)23(28)15-19)7-5-6-18-8-11-21(12-9-18)34-26(2,3)24(31)32;1-27-15-8-5-13(6-9-15)3-2-4-18-19(25)24(20(26)23-18)12-14-7-10-16(21)17(22)11-14/h8-13,15,17H,4-7,14,16H2,1-3H3,(H,31,32);5-11,18H,2-4,12H2,1H3,(H,23,26). The summed E-state index contributed by atoms with van der Waals surface area (Å²) in [4.78, 5) is 49.6. The summed E-state index contributed by atoms with van der Waals surface area (Å²) in [5, 5.41) is 11.8. The van der Waals surface area contributed by atoms with Gasteiger partial charge >= 0.3 is 17.7 Å². The molecule has 1 aromatic heterocycles. The average molecular weight is 847 g/mol. The van der Waals surface area contributed by atoms with E-state index in [0.29, 0.717) is 36.3 Å². The number of hydrogen-bond donors (Lipinski definition) is 2. The summed E-state index contributed by atoms with van der Waals surface area (Å²) in [6, 6.07) is 20.9. The van der Waals surface area contributed by atoms with E-state index in [-0.39, 0.29) is 24.7 Å². The average Bonchev–Trinajstić information content (AvgIpc) is 3.67. The lowest BCUT2D eigenvalue weighted by Crippen LogP contribution is -2.37. The lowest BCUT2D eigenvalue weighted by atomic mass is 10.0. The molecular formula is C46H50F4N4O7. The molecule has 4 aromatic carbocycles. The second-order valence-corrected chi connectivity index (χ2v) is 15.3. The molecule has 0 saturated carbocycles. The lowest BCUT2D eigenvalue weighted by Gasteiger charge is -2.21. The van der Waals surface area contributed by atoms with Crippen molar-refractivity contribution < 1.29 is 46.5 Å². The smallest absolute Gasteiger partial charge is 0.347 e. The summed E-state index contributed by atoms with van der Waals surface area (Å²) in [6.07, 6.45) is 6.86. The van der Waals surface area contributed by atoms with E-state index >= 15 is 0 Å². The number of aromatic nitrogens is 2. The number of aliphatic carboxylic acids is 1. The van der Waals surface area contributed by atoms with Crippen LogP contribution in [0.2, 0.25) is 0 Å². The number of benzene rings is 4. The van der Waals surface area contributed by atoms with Crippen LogP contribution in [0.5, 0.6) is 11.5 Å². The monoisotopic (exact) mass is 846 g/mol. The predicted octanol–water partition coefficient (Wildman–Crippen LogP) is 8.22. The van der Waals surface area contributed by atoms with Gasteiger partial charge in [-0.05, 0) is 130 Å². The molecule has 1 saturated heterocycles. The second-order valence-electron chi connectivity index (χ2n) is 15.3. The molecular weight excluding hydrogens is 797 g/mol. The normalized spacial score (nSPS) is 13.8. The van der Waals surface area contributed by atoms with Gasteiger partial charge < -0.3 is 19.9 Å². The molecule has 3 amide bonds. The molecule has 1 aliphatic heterocycles. The van der Waals surface area contributed by atoms with Crippen molar-refractivity contribution in [1.82, 2.24) is 19.4 Å². The number of carboxylic acids is 1. The third kappa shape index (κ3) is 12.3. The number of carbonyl (C=O) groups is 3. The van der Waals surface area contributed by atoms with E-state index in [1.54, 1.807) is 30.0 Å². The van der Waals surface area contributed by atoms with Crippen molar-refractivity contribution in [2.24, 2.45) is 0 Å². The minimum atomic E-state index is -1.31. The highest BCUT2D eigenvalue weighted by atomic mass is 19.2. The zero-order chi connectivity index (χ0) is 44.3. The van der Waals surface area contributed by atoms with Gasteiger partial charge in [-0.2, -0.15) is 0 Å². The van der Waals surface area contributed by atoms with Crippen LogP contribution in [0.25, 0.3) is 0 Å². The maximum atomic E-state index is 13.6. The Morgan fingerprint density at radius 2 is 1.28 bits per heavy atom. The van der Waals surface area contributed by atoms with Gasteiger partial charge in [-0.3, -0.25) is 18.8 Å². The predicted molar refractivity (Wildman–Crippen MR) is 220 cm³/mol. The molecule has 0 spiro atoms. The molecule has 1 unspecified atom stereocenters. The summed E-state index contributed by atoms with van der Waals surface area (Å²) in [5.41, 5.74) is 2.50. The first-order valence-electron chi connectivity index (χ1n) is 20.0. The first-order chi connectivity index (χ1) is 29.1. The molecule has 6 rings (SSSR count). The van der Waals surface area contributed by atoms with E-state index in [2.05, 4.69) is 5.32 Å². The van der Waals surface area contributed by atoms with Crippen molar-refractivity contribution in [3.05, 3.63) is 153 Å². The maximum absolute atomic E-state index is 13.6. The minimum absolute atomic E-state index is 0.0865. The van der Waals surface area contributed by atoms with E-state index in [4.69, 9.17) is 9.47 Å². The molecule has 0 radical (unpaired) electrons. The highest BCUT2D eigenvalue weighted by Gasteiger charge is 2.37. The summed E-state index contributed by atoms with van der Waals surface area (Å²) in [5.74, 6) is -3.92. The fourth-order valence-corrected chi connectivity index (χ4v) is 6.77. The number of aryl methyl sites for hydroxylation is 3. The van der Waals surface area contributed by atoms with E-state index < -0.39 is 46.9 Å². The molecule has 1 atom stereocenters. The number of hydrogen-bond acceptors (Lipinski definition) is 6. The van der Waals surface area contributed by atoms with Gasteiger partial charge in [0.25, 0.3) is 5.91 Å². The number of amides is 3. The first kappa shape index (κ1) is 45.7. The number of carboxylic acid groups (broad SMARTS) is 1. The quantitative estimate of drug-likeness (QED) is 0.0671. The highest BCUT2D eigenvalue weighted by molar-refractivity contribution is 6.04. The van der Waals surface area contributed by atoms with Crippen LogP contribution in [0.4, 0.5) is 22.4 Å². The number of nitrogens with one attached hydrogen (secondary N) is 1. The number of imide groups is 1. The molecule has 0 aliphatic carbocycles. The van der Waals surface area contributed by atoms with Crippen LogP contribution >= 0.6 is 0 Å². The van der Waals surface area contributed by atoms with E-state index in [9.17, 15) is 41.8 Å². The number of ether oxygens (including phenoxy) is 2. The molecule has 61 heavy (non-hydrogen) atoms. The van der Waals surface area contributed by atoms with Crippen LogP contribution in [-0.2, 0) is 48.5 Å². The molecule has 2 heterocycles. The number of carbonyl (C=O) groups excluding carboxylic acids is 2. The Morgan fingerprint density at radius 3 is 1.82 bits per heavy atom. The SMILES string of the molecule is CCCn1c(CCCc2ccc(OC(C)(C)C(=O)O)cc2)cn(Cc2ccc(F)c(F)c2)c1=O.COc1ccc(CCCC2NC(=O)N(Cc3ccc(F)c(F)c3)C2=O)cc1. The third-order valence-corrected chi connectivity index (χ3v) is 10.2. The fourth-order valence-electron chi connectivity index (χ4n) is 6.77. The van der Waals surface area contributed by atoms with Crippen LogP contribution in [0.3, 0.4) is 0 Å². The number of imidazole rings is 1. The van der Waals surface area contributed by atoms with Crippen molar-refractivity contribution in [2.75, 3.05) is 7.11 Å². The Morgan fingerprint density at radius 1 is 0.738 bits per heavy atom. The zero-order valence-electron chi connectivity index (χ0n) is 34.6. The van der Waals surface area contributed by atoms with Gasteiger partial charge in [-0.25, -0.2) is 31.9 Å². The number of nitrogens with zero attached hydrogens (tertiary/aromatic N) is 3. The molecule has 0 bridgehead atoms. The van der Waals surface area contributed by atoms with Gasteiger partial charge in [0.15, 0.2) is 28.9 Å². The van der Waals surface area contributed by atoms with Crippen LogP contribution in [-0.4, -0.2) is 55.8 Å². The molecule has 15 heteroatoms. The zero-order valence-corrected chi connectivity index (χ0v) is 34.6. The maximum Gasteiger partial charge on any atom is 0.347 e. The number of halogens is 4. The Kier molecular flexibility index (Phi) is 15.5. The van der Waals surface area contributed by atoms with Crippen LogP contribution in [0, 0.1) is 23.3 Å². The van der Waals surface area contributed by atoms with Gasteiger partial charge in [0.1, 0.15) is 17.5 Å². The summed E-state index contributed by atoms with van der Waals surface area (Å²) in [6.45, 7) is 5.67. The number of rotatable bonds is 18. The number of methoxy groups -OCH3 is 1. The van der Waals surface area contributed by atoms with Crippen molar-refractivity contribution in [2.45, 2.75) is 97.0 Å². The van der Waals surface area contributed by atoms with E-state index in [1.807, 2.05) is 43.3 Å². The second kappa shape index (κ2) is 20.7. The van der Waals surface area contributed by atoms with Crippen LogP contribution in [0.15, 0.2) is 95.9 Å². The van der Waals surface area contributed by atoms with E-state index in [1.165, 1.54) is 30.5 Å². The Hall–Kier alpha value is -6.38. The Bertz CT molecular complexity index is 2360. The molecule has 1 fully saturated rings. The van der Waals surface area contributed by atoms with Gasteiger partial charge in [0, 0.05) is 18.4 Å². The van der Waals surface area contributed by atoms with E-state index in [0.717, 1.165) is 83.8 Å². The largest absolute Gasteiger partial charge is 0.497 e. The Labute approximate surface area is 351 Å². The fraction of sp³-hybridized carbons (Fsp3) is 0.348. The third-order valence-electron chi connectivity index (χ3n) is 10.2. The summed E-state index contributed by atoms with van der Waals surface area (Å²) < 4.78 is 67.0. The molecule has 1 aliphatic rings. The van der Waals surface area contributed by atoms with Crippen molar-refractivity contribution >= 4 is 17.9 Å². The molecule has 5 aromatic rings. The van der Waals surface area contributed by atoms with Gasteiger partial charge in [-0.1, -0.05) is 43.3 Å². The van der Waals surface area contributed by atoms with Crippen molar-refractivity contribution in [3.8, 4) is 11.5 Å². The first-order valence-corrected chi connectivity index (χ1v) is 20.0. The molecule has 2 N–H and O–H groups in total. The minimum Gasteiger partial charge on any atom is -0.497 e. The van der Waals surface area contributed by atoms with Crippen molar-refractivity contribution in [1.29, 1.82) is 0 Å². The number of urea groups is 1. The van der Waals surface area contributed by atoms with Gasteiger partial charge in [-0.15, -0.1) is 0 Å². The lowest BCUT2D eigenvalue weighted by molar-refractivity contribution is -0.152.